The van der Waals surface area contributed by atoms with Crippen molar-refractivity contribution in [3.05, 3.63) is 29.6 Å². The van der Waals surface area contributed by atoms with Gasteiger partial charge in [-0.2, -0.15) is 0 Å². The van der Waals surface area contributed by atoms with Gasteiger partial charge in [0.15, 0.2) is 0 Å². The minimum atomic E-state index is -0.155. The van der Waals surface area contributed by atoms with Crippen LogP contribution in [0.5, 0.6) is 0 Å². The van der Waals surface area contributed by atoms with Gasteiger partial charge in [0.05, 0.1) is 0 Å². The minimum absolute atomic E-state index is 0.155. The van der Waals surface area contributed by atoms with Gasteiger partial charge in [0.25, 0.3) is 0 Å². The normalized spacial score (nSPS) is 10.3. The fraction of sp³-hybridized carbons (Fsp3) is 0.455. The minimum Gasteiger partial charge on any atom is -0.370 e. The highest BCUT2D eigenvalue weighted by atomic mass is 19.1. The van der Waals surface area contributed by atoms with Gasteiger partial charge in [0, 0.05) is 25.3 Å². The maximum absolute atomic E-state index is 13.3. The van der Waals surface area contributed by atoms with Crippen LogP contribution in [0.2, 0.25) is 0 Å². The smallest absolute Gasteiger partial charge is 0.128 e. The third-order valence-corrected chi connectivity index (χ3v) is 2.30. The number of anilines is 1. The summed E-state index contributed by atoms with van der Waals surface area (Å²) in [5.41, 5.74) is 7.06. The first-order valence-corrected chi connectivity index (χ1v) is 4.90. The molecule has 2 N–H and O–H groups in total. The molecule has 1 aromatic rings. The Morgan fingerprint density at radius 3 is 2.64 bits per heavy atom. The highest BCUT2D eigenvalue weighted by Gasteiger charge is 2.05. The molecule has 0 unspecified atom stereocenters. The van der Waals surface area contributed by atoms with Crippen molar-refractivity contribution in [3.63, 3.8) is 0 Å². The molecule has 0 aliphatic rings. The van der Waals surface area contributed by atoms with E-state index in [4.69, 9.17) is 5.73 Å². The zero-order chi connectivity index (χ0) is 10.6. The molecule has 0 spiro atoms. The van der Waals surface area contributed by atoms with Crippen LogP contribution in [0.3, 0.4) is 0 Å². The summed E-state index contributed by atoms with van der Waals surface area (Å²) in [6.45, 7) is 5.99. The fourth-order valence-electron chi connectivity index (χ4n) is 1.40. The fourth-order valence-corrected chi connectivity index (χ4v) is 1.40. The van der Waals surface area contributed by atoms with E-state index in [0.717, 1.165) is 18.8 Å². The van der Waals surface area contributed by atoms with Gasteiger partial charge in [-0.25, -0.2) is 4.39 Å². The lowest BCUT2D eigenvalue weighted by molar-refractivity contribution is 0.617. The third kappa shape index (κ3) is 2.45. The SMILES string of the molecule is CCN(CCN)c1ccc(C)c(F)c1. The van der Waals surface area contributed by atoms with Gasteiger partial charge in [-0.3, -0.25) is 0 Å². The first kappa shape index (κ1) is 11.0. The largest absolute Gasteiger partial charge is 0.370 e. The van der Waals surface area contributed by atoms with Crippen LogP contribution in [0, 0.1) is 12.7 Å². The van der Waals surface area contributed by atoms with Crippen LogP contribution in [-0.2, 0) is 0 Å². The topological polar surface area (TPSA) is 29.3 Å². The lowest BCUT2D eigenvalue weighted by Gasteiger charge is -2.22. The second kappa shape index (κ2) is 4.96. The second-order valence-electron chi connectivity index (χ2n) is 3.30. The molecule has 0 fully saturated rings. The number of nitrogens with two attached hydrogens (primary N) is 1. The Labute approximate surface area is 84.5 Å². The van der Waals surface area contributed by atoms with Gasteiger partial charge < -0.3 is 10.6 Å². The summed E-state index contributed by atoms with van der Waals surface area (Å²) in [5, 5.41) is 0. The molecule has 0 heterocycles. The molecule has 1 rings (SSSR count). The van der Waals surface area contributed by atoms with Gasteiger partial charge >= 0.3 is 0 Å². The maximum Gasteiger partial charge on any atom is 0.128 e. The summed E-state index contributed by atoms with van der Waals surface area (Å²) in [4.78, 5) is 2.06. The van der Waals surface area contributed by atoms with E-state index in [1.807, 2.05) is 13.0 Å². The molecule has 0 saturated heterocycles. The molecule has 1 aromatic carbocycles. The quantitative estimate of drug-likeness (QED) is 0.797. The predicted molar refractivity (Wildman–Crippen MR) is 58.1 cm³/mol. The van der Waals surface area contributed by atoms with Crippen LogP contribution >= 0.6 is 0 Å². The van der Waals surface area contributed by atoms with Crippen LogP contribution in [0.15, 0.2) is 18.2 Å². The Kier molecular flexibility index (Phi) is 3.89. The number of nitrogens with zero attached hydrogens (tertiary/aromatic N) is 1. The molecule has 0 bridgehead atoms. The van der Waals surface area contributed by atoms with Crippen LogP contribution in [0.25, 0.3) is 0 Å². The Balaban J connectivity index is 2.88. The highest BCUT2D eigenvalue weighted by Crippen LogP contribution is 2.17. The van der Waals surface area contributed by atoms with Crippen molar-refractivity contribution in [2.75, 3.05) is 24.5 Å². The Bertz CT molecular complexity index is 299. The van der Waals surface area contributed by atoms with Gasteiger partial charge in [0.1, 0.15) is 5.82 Å². The Morgan fingerprint density at radius 1 is 1.43 bits per heavy atom. The maximum atomic E-state index is 13.3. The van der Waals surface area contributed by atoms with E-state index >= 15 is 0 Å². The first-order chi connectivity index (χ1) is 6.69. The van der Waals surface area contributed by atoms with Gasteiger partial charge in [-0.05, 0) is 31.5 Å². The summed E-state index contributed by atoms with van der Waals surface area (Å²) in [6.07, 6.45) is 0. The monoisotopic (exact) mass is 196 g/mol. The number of likely N-dealkylation sites (N-methyl/N-ethyl adjacent to an activating group) is 1. The van der Waals surface area contributed by atoms with E-state index in [-0.39, 0.29) is 5.82 Å². The lowest BCUT2D eigenvalue weighted by Crippen LogP contribution is -2.29. The van der Waals surface area contributed by atoms with Crippen molar-refractivity contribution in [2.24, 2.45) is 5.73 Å². The number of hydrogen-bond donors (Lipinski definition) is 1. The molecule has 0 radical (unpaired) electrons. The molecule has 0 saturated carbocycles. The van der Waals surface area contributed by atoms with Crippen LogP contribution in [-0.4, -0.2) is 19.6 Å². The van der Waals surface area contributed by atoms with Crippen molar-refractivity contribution in [1.29, 1.82) is 0 Å². The molecule has 0 atom stereocenters. The van der Waals surface area contributed by atoms with Gasteiger partial charge in [-0.1, -0.05) is 6.07 Å². The first-order valence-electron chi connectivity index (χ1n) is 4.90. The zero-order valence-corrected chi connectivity index (χ0v) is 8.76. The summed E-state index contributed by atoms with van der Waals surface area (Å²) in [6, 6.07) is 5.29. The summed E-state index contributed by atoms with van der Waals surface area (Å²) in [7, 11) is 0. The number of hydrogen-bond acceptors (Lipinski definition) is 2. The molecule has 0 aliphatic carbocycles. The Morgan fingerprint density at radius 2 is 2.14 bits per heavy atom. The van der Waals surface area contributed by atoms with Crippen molar-refractivity contribution >= 4 is 5.69 Å². The van der Waals surface area contributed by atoms with Crippen LogP contribution < -0.4 is 10.6 Å². The predicted octanol–water partition coefficient (Wildman–Crippen LogP) is 1.92. The summed E-state index contributed by atoms with van der Waals surface area (Å²) < 4.78 is 13.3. The lowest BCUT2D eigenvalue weighted by atomic mass is 10.2. The van der Waals surface area contributed by atoms with Crippen molar-refractivity contribution < 1.29 is 4.39 Å². The number of rotatable bonds is 4. The average molecular weight is 196 g/mol. The van der Waals surface area contributed by atoms with Crippen molar-refractivity contribution in [2.45, 2.75) is 13.8 Å². The average Bonchev–Trinajstić information content (AvgIpc) is 2.19. The van der Waals surface area contributed by atoms with E-state index in [0.29, 0.717) is 12.1 Å². The molecule has 78 valence electrons. The van der Waals surface area contributed by atoms with E-state index in [9.17, 15) is 4.39 Å². The number of benzene rings is 1. The summed E-state index contributed by atoms with van der Waals surface area (Å²) >= 11 is 0. The molecule has 2 nitrogen and oxygen atoms in total. The van der Waals surface area contributed by atoms with E-state index in [1.54, 1.807) is 19.1 Å². The van der Waals surface area contributed by atoms with Crippen LogP contribution in [0.1, 0.15) is 12.5 Å². The molecule has 14 heavy (non-hydrogen) atoms. The molecule has 3 heteroatoms. The van der Waals surface area contributed by atoms with Gasteiger partial charge in [0.2, 0.25) is 0 Å². The zero-order valence-electron chi connectivity index (χ0n) is 8.76. The number of halogens is 1. The third-order valence-electron chi connectivity index (χ3n) is 2.30. The van der Waals surface area contributed by atoms with Crippen molar-refractivity contribution in [1.82, 2.24) is 0 Å². The Hall–Kier alpha value is -1.09. The van der Waals surface area contributed by atoms with Gasteiger partial charge in [-0.15, -0.1) is 0 Å². The molecular formula is C11H17FN2. The van der Waals surface area contributed by atoms with E-state index < -0.39 is 0 Å². The van der Waals surface area contributed by atoms with Crippen molar-refractivity contribution in [3.8, 4) is 0 Å². The van der Waals surface area contributed by atoms with E-state index in [1.165, 1.54) is 0 Å². The molecule has 0 amide bonds. The van der Waals surface area contributed by atoms with E-state index in [2.05, 4.69) is 4.90 Å². The van der Waals surface area contributed by atoms with Crippen LogP contribution in [0.4, 0.5) is 10.1 Å². The highest BCUT2D eigenvalue weighted by molar-refractivity contribution is 5.47. The number of aryl methyl sites for hydroxylation is 1. The summed E-state index contributed by atoms with van der Waals surface area (Å²) in [5.74, 6) is -0.155. The molecule has 0 aliphatic heterocycles. The standard InChI is InChI=1S/C11H17FN2/c1-3-14(7-6-13)10-5-4-9(2)11(12)8-10/h4-5,8H,3,6-7,13H2,1-2H3. The molecular weight excluding hydrogens is 179 g/mol. The molecule has 0 aromatic heterocycles. The second-order valence-corrected chi connectivity index (χ2v) is 3.30.